The van der Waals surface area contributed by atoms with E-state index >= 15 is 0 Å². The maximum atomic E-state index is 11.5. The fourth-order valence-electron chi connectivity index (χ4n) is 2.25. The van der Waals surface area contributed by atoms with Crippen LogP contribution in [0.5, 0.6) is 0 Å². The summed E-state index contributed by atoms with van der Waals surface area (Å²) in [5.41, 5.74) is 4.18. The third-order valence-electron chi connectivity index (χ3n) is 3.26. The Kier molecular flexibility index (Phi) is 6.94. The van der Waals surface area contributed by atoms with E-state index in [0.717, 1.165) is 16.5 Å². The van der Waals surface area contributed by atoms with Gasteiger partial charge in [0.25, 0.3) is 5.91 Å². The molecule has 1 heterocycles. The van der Waals surface area contributed by atoms with Crippen LogP contribution in [0.25, 0.3) is 10.9 Å². The molecular weight excluding hydrogens is 353 g/mol. The van der Waals surface area contributed by atoms with Crippen molar-refractivity contribution in [3.05, 3.63) is 79.3 Å². The van der Waals surface area contributed by atoms with E-state index in [2.05, 4.69) is 10.6 Å². The van der Waals surface area contributed by atoms with E-state index < -0.39 is 5.91 Å². The maximum Gasteiger partial charge on any atom is 0.274 e. The van der Waals surface area contributed by atoms with Gasteiger partial charge in [0.05, 0.1) is 0 Å². The third-order valence-corrected chi connectivity index (χ3v) is 3.26. The van der Waals surface area contributed by atoms with Crippen LogP contribution in [0.3, 0.4) is 0 Å². The molecule has 0 unspecified atom stereocenters. The van der Waals surface area contributed by atoms with Crippen molar-refractivity contribution in [3.8, 4) is 0 Å². The van der Waals surface area contributed by atoms with Crippen molar-refractivity contribution in [2.24, 2.45) is 0 Å². The first-order valence-corrected chi connectivity index (χ1v) is 6.26. The number of fused-ring (bicyclic) bond motifs is 1. The molecule has 0 saturated heterocycles. The molecule has 1 radical (unpaired) electrons. The number of carbonyl (C=O) groups is 1. The second-order valence-corrected chi connectivity index (χ2v) is 4.57. The molecule has 2 N–H and O–H groups in total. The molecule has 0 bridgehead atoms. The number of nitrogens with zero attached hydrogens (tertiary/aromatic N) is 1. The quantitative estimate of drug-likeness (QED) is 0.424. The molecule has 22 heavy (non-hydrogen) atoms. The van der Waals surface area contributed by atoms with Crippen LogP contribution in [0, 0.1) is 13.5 Å². The number of amides is 1. The van der Waals surface area contributed by atoms with E-state index in [1.165, 1.54) is 0 Å². The average Bonchev–Trinajstić information content (AvgIpc) is 2.90. The molecule has 1 amide bonds. The van der Waals surface area contributed by atoms with E-state index in [9.17, 15) is 4.79 Å². The number of aromatic nitrogens is 1. The molecule has 5 heteroatoms. The number of benzene rings is 2. The second-order valence-electron chi connectivity index (χ2n) is 4.57. The summed E-state index contributed by atoms with van der Waals surface area (Å²) in [4.78, 5) is 11.5. The second kappa shape index (κ2) is 8.23. The fourth-order valence-corrected chi connectivity index (χ4v) is 2.25. The minimum atomic E-state index is -0.507. The molecule has 0 aliphatic heterocycles. The zero-order valence-electron chi connectivity index (χ0n) is 12.3. The zero-order valence-corrected chi connectivity index (χ0v) is 15.1. The number of carbonyl (C=O) groups excluding carboxylic acids is 1. The first-order valence-electron chi connectivity index (χ1n) is 6.26. The molecule has 0 aliphatic carbocycles. The van der Waals surface area contributed by atoms with Gasteiger partial charge in [-0.2, -0.15) is 30.3 Å². The maximum absolute atomic E-state index is 11.5. The van der Waals surface area contributed by atoms with Gasteiger partial charge in [0.1, 0.15) is 0 Å². The van der Waals surface area contributed by atoms with Crippen molar-refractivity contribution in [3.63, 3.8) is 0 Å². The van der Waals surface area contributed by atoms with Crippen LogP contribution in [0.15, 0.2) is 54.7 Å². The molecule has 3 rings (SSSR count). The van der Waals surface area contributed by atoms with Crippen LogP contribution < -0.4 is 5.48 Å². The fraction of sp³-hybridized carbons (Fsp3) is 0.0588. The summed E-state index contributed by atoms with van der Waals surface area (Å²) < 4.78 is 2.06. The van der Waals surface area contributed by atoms with Gasteiger partial charge in [0.15, 0.2) is 0 Å². The van der Waals surface area contributed by atoms with E-state index in [0.29, 0.717) is 12.1 Å². The molecule has 0 aliphatic rings. The van der Waals surface area contributed by atoms with Gasteiger partial charge < -0.3 is 12.0 Å². The van der Waals surface area contributed by atoms with Gasteiger partial charge in [-0.05, 0) is 23.6 Å². The number of hydroxylamine groups is 1. The Bertz CT molecular complexity index is 754. The van der Waals surface area contributed by atoms with Crippen LogP contribution >= 0.6 is 0 Å². The first kappa shape index (κ1) is 18.6. The minimum absolute atomic E-state index is 0. The van der Waals surface area contributed by atoms with Crippen LogP contribution in [0.4, 0.5) is 0 Å². The van der Waals surface area contributed by atoms with Crippen LogP contribution in [-0.2, 0) is 39.3 Å². The molecule has 1 aromatic heterocycles. The van der Waals surface area contributed by atoms with Gasteiger partial charge in [-0.1, -0.05) is 6.07 Å². The van der Waals surface area contributed by atoms with Crippen LogP contribution in [-0.4, -0.2) is 15.7 Å². The Balaban J connectivity index is 0.00000121. The predicted octanol–water partition coefficient (Wildman–Crippen LogP) is 3.06. The minimum Gasteiger partial charge on any atom is -0.358 e. The van der Waals surface area contributed by atoms with E-state index in [4.69, 9.17) is 5.21 Å². The zero-order chi connectivity index (χ0) is 13.9. The normalized spacial score (nSPS) is 9.68. The first-order chi connectivity index (χ1) is 9.78. The average molecular weight is 369 g/mol. The Morgan fingerprint density at radius 2 is 2.09 bits per heavy atom. The Morgan fingerprint density at radius 3 is 2.77 bits per heavy atom. The molecular formula is C17H16N2O2Y-2. The monoisotopic (exact) mass is 369 g/mol. The summed E-state index contributed by atoms with van der Waals surface area (Å²) in [5, 5.41) is 9.76. The van der Waals surface area contributed by atoms with Crippen molar-refractivity contribution >= 4 is 16.8 Å². The standard InChI is InChI=1S/C16H13N2O2.CH3.Y/c19-16(17-20)14-7-6-13-8-9-18(15(13)10-14)11-12-4-2-1-3-5-12;;/h1-2,4-10,20H,11H2,(H,17,19);1H3;/q2*-1;. The van der Waals surface area contributed by atoms with Crippen molar-refractivity contribution in [2.75, 3.05) is 0 Å². The topological polar surface area (TPSA) is 54.3 Å². The summed E-state index contributed by atoms with van der Waals surface area (Å²) in [6, 6.07) is 18.2. The van der Waals surface area contributed by atoms with Gasteiger partial charge in [-0.3, -0.25) is 10.0 Å². The number of nitrogens with one attached hydrogen (secondary N) is 1. The van der Waals surface area contributed by atoms with Gasteiger partial charge >= 0.3 is 0 Å². The van der Waals surface area contributed by atoms with Crippen LogP contribution in [0.2, 0.25) is 0 Å². The molecule has 0 saturated carbocycles. The Labute approximate surface area is 155 Å². The summed E-state index contributed by atoms with van der Waals surface area (Å²) in [6.45, 7) is 0.713. The third kappa shape index (κ3) is 3.83. The largest absolute Gasteiger partial charge is 0.358 e. The molecule has 0 spiro atoms. The molecule has 4 nitrogen and oxygen atoms in total. The van der Waals surface area contributed by atoms with Gasteiger partial charge in [0, 0.05) is 56.5 Å². The van der Waals surface area contributed by atoms with Crippen molar-refractivity contribution in [2.45, 2.75) is 6.54 Å². The molecule has 111 valence electrons. The number of hydrogen-bond acceptors (Lipinski definition) is 2. The van der Waals surface area contributed by atoms with Crippen molar-refractivity contribution in [1.82, 2.24) is 10.0 Å². The van der Waals surface area contributed by atoms with Gasteiger partial charge in [-0.25, -0.2) is 5.48 Å². The predicted molar refractivity (Wildman–Crippen MR) is 82.0 cm³/mol. The number of rotatable bonds is 3. The van der Waals surface area contributed by atoms with E-state index in [1.54, 1.807) is 17.6 Å². The van der Waals surface area contributed by atoms with Gasteiger partial charge in [0.2, 0.25) is 0 Å². The van der Waals surface area contributed by atoms with Gasteiger partial charge in [-0.15, -0.1) is 5.56 Å². The summed E-state index contributed by atoms with van der Waals surface area (Å²) >= 11 is 0. The molecule has 3 aromatic rings. The number of hydrogen-bond donors (Lipinski definition) is 2. The summed E-state index contributed by atoms with van der Waals surface area (Å²) in [6.07, 6.45) is 1.98. The molecule has 0 fully saturated rings. The molecule has 2 aromatic carbocycles. The van der Waals surface area contributed by atoms with E-state index in [-0.39, 0.29) is 40.1 Å². The van der Waals surface area contributed by atoms with Crippen molar-refractivity contribution < 1.29 is 42.7 Å². The Morgan fingerprint density at radius 1 is 1.27 bits per heavy atom. The van der Waals surface area contributed by atoms with E-state index in [1.807, 2.05) is 42.6 Å². The SMILES string of the molecule is O=C(NO)c1ccc2ccn(Cc3c[c-]ccc3)c2c1.[CH3-].[Y]. The Hall–Kier alpha value is -1.49. The summed E-state index contributed by atoms with van der Waals surface area (Å²) in [7, 11) is 0. The van der Waals surface area contributed by atoms with Crippen LogP contribution in [0.1, 0.15) is 15.9 Å². The molecule has 0 atom stereocenters. The smallest absolute Gasteiger partial charge is 0.274 e. The summed E-state index contributed by atoms with van der Waals surface area (Å²) in [5.74, 6) is -0.507. The van der Waals surface area contributed by atoms with Crippen molar-refractivity contribution in [1.29, 1.82) is 0 Å².